The molecule has 1 amide bonds. The Labute approximate surface area is 194 Å². The van der Waals surface area contributed by atoms with E-state index in [1.807, 2.05) is 4.90 Å². The van der Waals surface area contributed by atoms with E-state index in [-0.39, 0.29) is 11.4 Å². The Hall–Kier alpha value is -3.82. The molecule has 0 aliphatic carbocycles. The maximum Gasteiger partial charge on any atom is 0.416 e. The number of hydrogen-bond acceptors (Lipinski definition) is 6. The van der Waals surface area contributed by atoms with E-state index in [9.17, 15) is 18.0 Å². The second-order valence-electron chi connectivity index (χ2n) is 7.81. The number of amides is 1. The molecule has 1 aliphatic rings. The summed E-state index contributed by atoms with van der Waals surface area (Å²) < 4.78 is 51.1. The molecule has 0 radical (unpaired) electrons. The number of carbonyl (C=O) groups excluding carboxylic acids is 1. The predicted octanol–water partition coefficient (Wildman–Crippen LogP) is 5.15. The molecule has 10 heteroatoms. The number of alkyl halides is 3. The standard InChI is InChI=1S/C24H23F3N4O3/c1-33-18-6-2-7-19(14-18)34-21-9-8-17(24(25,26)27)13-20(21)30-22(32)16-5-3-12-31(15-16)23-28-10-4-11-29-23/h2,4,6-11,13-14,16H,3,5,12,15H2,1H3,(H,30,32)/t16-/m0/s1. The van der Waals surface area contributed by atoms with Gasteiger partial charge in [-0.2, -0.15) is 13.2 Å². The van der Waals surface area contributed by atoms with Gasteiger partial charge in [-0.15, -0.1) is 0 Å². The van der Waals surface area contributed by atoms with Crippen LogP contribution in [0.4, 0.5) is 24.8 Å². The summed E-state index contributed by atoms with van der Waals surface area (Å²) in [7, 11) is 1.50. The molecule has 1 aliphatic heterocycles. The van der Waals surface area contributed by atoms with E-state index in [0.29, 0.717) is 37.0 Å². The van der Waals surface area contributed by atoms with Crippen molar-refractivity contribution in [2.24, 2.45) is 5.92 Å². The third-order valence-corrected chi connectivity index (χ3v) is 5.46. The molecule has 4 rings (SSSR count). The number of benzene rings is 2. The van der Waals surface area contributed by atoms with Gasteiger partial charge in [-0.1, -0.05) is 6.07 Å². The van der Waals surface area contributed by atoms with Crippen LogP contribution >= 0.6 is 0 Å². The molecule has 0 bridgehead atoms. The summed E-state index contributed by atoms with van der Waals surface area (Å²) in [6, 6.07) is 11.4. The van der Waals surface area contributed by atoms with Crippen molar-refractivity contribution in [2.45, 2.75) is 19.0 Å². The molecule has 7 nitrogen and oxygen atoms in total. The summed E-state index contributed by atoms with van der Waals surface area (Å²) in [5.74, 6) is 0.655. The Kier molecular flexibility index (Phi) is 6.85. The Bertz CT molecular complexity index is 1140. The van der Waals surface area contributed by atoms with Crippen molar-refractivity contribution in [3.63, 3.8) is 0 Å². The quantitative estimate of drug-likeness (QED) is 0.535. The van der Waals surface area contributed by atoms with E-state index in [1.165, 1.54) is 13.2 Å². The highest BCUT2D eigenvalue weighted by Gasteiger charge is 2.32. The van der Waals surface area contributed by atoms with Crippen LogP contribution in [-0.2, 0) is 11.0 Å². The van der Waals surface area contributed by atoms with Gasteiger partial charge in [0.05, 0.1) is 24.3 Å². The van der Waals surface area contributed by atoms with Crippen LogP contribution in [0.25, 0.3) is 0 Å². The molecular weight excluding hydrogens is 449 g/mol. The first-order valence-corrected chi connectivity index (χ1v) is 10.7. The second-order valence-corrected chi connectivity index (χ2v) is 7.81. The maximum absolute atomic E-state index is 13.4. The van der Waals surface area contributed by atoms with Crippen molar-refractivity contribution in [3.8, 4) is 17.2 Å². The van der Waals surface area contributed by atoms with Gasteiger partial charge in [-0.25, -0.2) is 9.97 Å². The minimum absolute atomic E-state index is 0.0595. The fraction of sp³-hybridized carbons (Fsp3) is 0.292. The maximum atomic E-state index is 13.4. The number of ether oxygens (including phenoxy) is 2. The number of anilines is 2. The van der Waals surface area contributed by atoms with E-state index >= 15 is 0 Å². The summed E-state index contributed by atoms with van der Waals surface area (Å²) in [5.41, 5.74) is -0.945. The Morgan fingerprint density at radius 1 is 1.09 bits per heavy atom. The molecule has 1 N–H and O–H groups in total. The Morgan fingerprint density at radius 2 is 1.85 bits per heavy atom. The normalized spacial score (nSPS) is 16.1. The lowest BCUT2D eigenvalue weighted by Crippen LogP contribution is -2.41. The van der Waals surface area contributed by atoms with Crippen LogP contribution in [0.5, 0.6) is 17.2 Å². The molecule has 2 aromatic carbocycles. The number of carbonyl (C=O) groups is 1. The number of piperidine rings is 1. The van der Waals surface area contributed by atoms with Gasteiger partial charge in [0.15, 0.2) is 5.75 Å². The SMILES string of the molecule is COc1cccc(Oc2ccc(C(F)(F)F)cc2NC(=O)[C@H]2CCCN(c3ncccn3)C2)c1. The molecule has 0 unspecified atom stereocenters. The van der Waals surface area contributed by atoms with Gasteiger partial charge < -0.3 is 19.7 Å². The van der Waals surface area contributed by atoms with Crippen molar-refractivity contribution in [2.75, 3.05) is 30.4 Å². The van der Waals surface area contributed by atoms with Crippen LogP contribution in [0.2, 0.25) is 0 Å². The number of aromatic nitrogens is 2. The zero-order chi connectivity index (χ0) is 24.1. The molecule has 3 aromatic rings. The van der Waals surface area contributed by atoms with Crippen molar-refractivity contribution in [1.29, 1.82) is 0 Å². The molecule has 178 valence electrons. The molecule has 2 heterocycles. The van der Waals surface area contributed by atoms with Crippen LogP contribution in [0, 0.1) is 5.92 Å². The smallest absolute Gasteiger partial charge is 0.416 e. The summed E-state index contributed by atoms with van der Waals surface area (Å²) in [4.78, 5) is 23.4. The first kappa shape index (κ1) is 23.3. The predicted molar refractivity (Wildman–Crippen MR) is 120 cm³/mol. The first-order valence-electron chi connectivity index (χ1n) is 10.7. The average Bonchev–Trinajstić information content (AvgIpc) is 2.85. The van der Waals surface area contributed by atoms with Crippen molar-refractivity contribution >= 4 is 17.5 Å². The van der Waals surface area contributed by atoms with E-state index in [2.05, 4.69) is 15.3 Å². The number of nitrogens with zero attached hydrogens (tertiary/aromatic N) is 3. The van der Waals surface area contributed by atoms with Gasteiger partial charge in [0.2, 0.25) is 11.9 Å². The number of rotatable bonds is 6. The third kappa shape index (κ3) is 5.56. The number of nitrogens with one attached hydrogen (secondary N) is 1. The van der Waals surface area contributed by atoms with E-state index in [0.717, 1.165) is 18.6 Å². The van der Waals surface area contributed by atoms with Crippen molar-refractivity contribution in [1.82, 2.24) is 9.97 Å². The number of halogens is 3. The fourth-order valence-electron chi connectivity index (χ4n) is 3.75. The molecule has 1 atom stereocenters. The zero-order valence-corrected chi connectivity index (χ0v) is 18.4. The van der Waals surface area contributed by atoms with E-state index in [4.69, 9.17) is 9.47 Å². The lowest BCUT2D eigenvalue weighted by atomic mass is 9.97. The molecule has 1 saturated heterocycles. The van der Waals surface area contributed by atoms with E-state index in [1.54, 1.807) is 42.7 Å². The third-order valence-electron chi connectivity index (χ3n) is 5.46. The summed E-state index contributed by atoms with van der Waals surface area (Å²) in [5, 5.41) is 2.65. The highest BCUT2D eigenvalue weighted by atomic mass is 19.4. The van der Waals surface area contributed by atoms with Crippen LogP contribution in [-0.4, -0.2) is 36.1 Å². The van der Waals surface area contributed by atoms with Gasteiger partial charge >= 0.3 is 6.18 Å². The minimum atomic E-state index is -4.57. The highest BCUT2D eigenvalue weighted by Crippen LogP contribution is 2.38. The highest BCUT2D eigenvalue weighted by molar-refractivity contribution is 5.94. The van der Waals surface area contributed by atoms with Gasteiger partial charge in [0.1, 0.15) is 11.5 Å². The lowest BCUT2D eigenvalue weighted by Gasteiger charge is -2.32. The Balaban J connectivity index is 1.56. The molecule has 0 saturated carbocycles. The topological polar surface area (TPSA) is 76.6 Å². The number of hydrogen-bond donors (Lipinski definition) is 1. The van der Waals surface area contributed by atoms with Gasteiger partial charge in [0.25, 0.3) is 0 Å². The lowest BCUT2D eigenvalue weighted by molar-refractivity contribution is -0.137. The Morgan fingerprint density at radius 3 is 2.59 bits per heavy atom. The van der Waals surface area contributed by atoms with Crippen molar-refractivity contribution < 1.29 is 27.4 Å². The molecule has 1 fully saturated rings. The second kappa shape index (κ2) is 9.98. The summed E-state index contributed by atoms with van der Waals surface area (Å²) in [6.45, 7) is 1.06. The van der Waals surface area contributed by atoms with Crippen LogP contribution in [0.15, 0.2) is 60.9 Å². The number of methoxy groups -OCH3 is 1. The summed E-state index contributed by atoms with van der Waals surface area (Å²) >= 11 is 0. The van der Waals surface area contributed by atoms with Gasteiger partial charge in [0, 0.05) is 31.5 Å². The summed E-state index contributed by atoms with van der Waals surface area (Å²) in [6.07, 6.45) is 0.000248. The largest absolute Gasteiger partial charge is 0.497 e. The first-order chi connectivity index (χ1) is 16.3. The van der Waals surface area contributed by atoms with Crippen molar-refractivity contribution in [3.05, 3.63) is 66.5 Å². The van der Waals surface area contributed by atoms with E-state index < -0.39 is 23.6 Å². The van der Waals surface area contributed by atoms with Crippen LogP contribution in [0.1, 0.15) is 18.4 Å². The van der Waals surface area contributed by atoms with Gasteiger partial charge in [-0.3, -0.25) is 4.79 Å². The van der Waals surface area contributed by atoms with Gasteiger partial charge in [-0.05, 0) is 49.2 Å². The molecule has 1 aromatic heterocycles. The fourth-order valence-corrected chi connectivity index (χ4v) is 3.75. The monoisotopic (exact) mass is 472 g/mol. The zero-order valence-electron chi connectivity index (χ0n) is 18.4. The molecular formula is C24H23F3N4O3. The molecule has 0 spiro atoms. The van der Waals surface area contributed by atoms with Crippen LogP contribution in [0.3, 0.4) is 0 Å². The molecule has 34 heavy (non-hydrogen) atoms. The van der Waals surface area contributed by atoms with Crippen LogP contribution < -0.4 is 19.7 Å². The average molecular weight is 472 g/mol. The minimum Gasteiger partial charge on any atom is -0.497 e.